The summed E-state index contributed by atoms with van der Waals surface area (Å²) in [4.78, 5) is 31.6. The van der Waals surface area contributed by atoms with Crippen LogP contribution in [0, 0.1) is 5.41 Å². The molecule has 3 aliphatic heterocycles. The van der Waals surface area contributed by atoms with Gasteiger partial charge in [-0.05, 0) is 48.2 Å². The molecule has 9 heteroatoms. The second-order valence-corrected chi connectivity index (χ2v) is 9.59. The van der Waals surface area contributed by atoms with E-state index in [1.807, 2.05) is 11.0 Å². The number of anilines is 2. The molecule has 2 aromatic rings. The number of amidine groups is 1. The molecule has 1 aromatic carbocycles. The molecule has 0 atom stereocenters. The van der Waals surface area contributed by atoms with Gasteiger partial charge in [-0.1, -0.05) is 6.07 Å². The Labute approximate surface area is 211 Å². The monoisotopic (exact) mass is 488 g/mol. The zero-order valence-corrected chi connectivity index (χ0v) is 20.8. The van der Waals surface area contributed by atoms with E-state index in [4.69, 9.17) is 4.74 Å². The van der Waals surface area contributed by atoms with Crippen LogP contribution in [-0.2, 0) is 20.7 Å². The smallest absolute Gasteiger partial charge is 0.222 e. The Morgan fingerprint density at radius 1 is 1.08 bits per heavy atom. The highest BCUT2D eigenvalue weighted by molar-refractivity contribution is 6.09. The van der Waals surface area contributed by atoms with Crippen LogP contribution >= 0.6 is 0 Å². The quantitative estimate of drug-likeness (QED) is 0.441. The van der Waals surface area contributed by atoms with Crippen LogP contribution < -0.4 is 15.5 Å². The average molecular weight is 489 g/mol. The van der Waals surface area contributed by atoms with Gasteiger partial charge >= 0.3 is 0 Å². The number of ether oxygens (including phenoxy) is 1. The molecule has 5 rings (SSSR count). The molecule has 1 fully saturated rings. The zero-order valence-electron chi connectivity index (χ0n) is 20.8. The molecule has 0 bridgehead atoms. The molecule has 9 nitrogen and oxygen atoms in total. The van der Waals surface area contributed by atoms with Gasteiger partial charge in [0, 0.05) is 62.1 Å². The number of pyridine rings is 1. The van der Waals surface area contributed by atoms with Crippen molar-refractivity contribution >= 4 is 29.2 Å². The van der Waals surface area contributed by atoms with Gasteiger partial charge in [-0.2, -0.15) is 0 Å². The van der Waals surface area contributed by atoms with Crippen molar-refractivity contribution in [3.63, 3.8) is 0 Å². The first-order valence-corrected chi connectivity index (χ1v) is 12.4. The maximum absolute atomic E-state index is 12.1. The summed E-state index contributed by atoms with van der Waals surface area (Å²) >= 11 is 0. The van der Waals surface area contributed by atoms with E-state index in [0.717, 1.165) is 53.9 Å². The molecule has 36 heavy (non-hydrogen) atoms. The lowest BCUT2D eigenvalue weighted by atomic mass is 9.95. The zero-order chi connectivity index (χ0) is 25.2. The highest BCUT2D eigenvalue weighted by atomic mass is 16.5. The summed E-state index contributed by atoms with van der Waals surface area (Å²) in [6.07, 6.45) is 4.37. The predicted molar refractivity (Wildman–Crippen MR) is 139 cm³/mol. The first-order valence-electron chi connectivity index (χ1n) is 12.4. The van der Waals surface area contributed by atoms with Gasteiger partial charge in [0.15, 0.2) is 0 Å². The Kier molecular flexibility index (Phi) is 6.73. The topological polar surface area (TPSA) is 111 Å². The first-order chi connectivity index (χ1) is 17.4. The van der Waals surface area contributed by atoms with Crippen LogP contribution in [-0.4, -0.2) is 66.4 Å². The van der Waals surface area contributed by atoms with Crippen LogP contribution in [0.4, 0.5) is 11.5 Å². The number of hydrogen-bond donors (Lipinski definition) is 3. The Hall–Kier alpha value is -3.72. The van der Waals surface area contributed by atoms with Gasteiger partial charge in [-0.3, -0.25) is 15.0 Å². The van der Waals surface area contributed by atoms with Crippen molar-refractivity contribution in [1.29, 1.82) is 5.41 Å². The number of benzene rings is 1. The van der Waals surface area contributed by atoms with E-state index < -0.39 is 0 Å². The first kappa shape index (κ1) is 24.0. The molecular weight excluding hydrogens is 456 g/mol. The average Bonchev–Trinajstić information content (AvgIpc) is 2.85. The Morgan fingerprint density at radius 3 is 2.56 bits per heavy atom. The Morgan fingerprint density at radius 2 is 1.89 bits per heavy atom. The van der Waals surface area contributed by atoms with Gasteiger partial charge in [0.2, 0.25) is 11.8 Å². The highest BCUT2D eigenvalue weighted by Crippen LogP contribution is 2.33. The molecule has 4 heterocycles. The Balaban J connectivity index is 1.41. The van der Waals surface area contributed by atoms with E-state index in [0.29, 0.717) is 38.0 Å². The van der Waals surface area contributed by atoms with Gasteiger partial charge < -0.3 is 25.2 Å². The number of amides is 2. The maximum Gasteiger partial charge on any atom is 0.222 e. The molecule has 0 saturated carbocycles. The summed E-state index contributed by atoms with van der Waals surface area (Å²) in [5.41, 5.74) is 6.20. The summed E-state index contributed by atoms with van der Waals surface area (Å²) in [5.74, 6) is 0.874. The molecule has 3 aliphatic rings. The van der Waals surface area contributed by atoms with Crippen LogP contribution in [0.5, 0.6) is 0 Å². The lowest BCUT2D eigenvalue weighted by Gasteiger charge is -2.38. The van der Waals surface area contributed by atoms with Crippen molar-refractivity contribution in [2.24, 2.45) is 0 Å². The number of hydrogen-bond acceptors (Lipinski definition) is 6. The number of aromatic nitrogens is 1. The van der Waals surface area contributed by atoms with Gasteiger partial charge in [-0.25, -0.2) is 4.98 Å². The number of fused-ring (bicyclic) bond motifs is 1. The summed E-state index contributed by atoms with van der Waals surface area (Å²) in [6, 6.07) is 10.3. The predicted octanol–water partition coefficient (Wildman–Crippen LogP) is 2.93. The SMILES string of the molecule is CC(=O)Nc1ccc(-c2ccc3c(c2)CCCN3C(=N)C2=C(NC3COC3)CCN(C(C)=O)C2)cn1. The van der Waals surface area contributed by atoms with E-state index in [2.05, 4.69) is 38.7 Å². The van der Waals surface area contributed by atoms with Crippen molar-refractivity contribution in [3.8, 4) is 11.1 Å². The minimum absolute atomic E-state index is 0.0353. The van der Waals surface area contributed by atoms with Gasteiger partial charge in [0.1, 0.15) is 11.7 Å². The van der Waals surface area contributed by atoms with Crippen molar-refractivity contribution in [3.05, 3.63) is 53.4 Å². The van der Waals surface area contributed by atoms with Crippen LogP contribution in [0.25, 0.3) is 11.1 Å². The molecule has 188 valence electrons. The van der Waals surface area contributed by atoms with Crippen molar-refractivity contribution in [2.45, 2.75) is 39.2 Å². The van der Waals surface area contributed by atoms with Gasteiger partial charge in [-0.15, -0.1) is 0 Å². The number of carbonyl (C=O) groups is 2. The van der Waals surface area contributed by atoms with Crippen LogP contribution in [0.3, 0.4) is 0 Å². The second-order valence-electron chi connectivity index (χ2n) is 9.59. The molecule has 0 unspecified atom stereocenters. The molecule has 1 aromatic heterocycles. The third-order valence-corrected chi connectivity index (χ3v) is 6.96. The van der Waals surface area contributed by atoms with Crippen molar-refractivity contribution in [2.75, 3.05) is 43.1 Å². The summed E-state index contributed by atoms with van der Waals surface area (Å²) in [6.45, 7) is 6.28. The second kappa shape index (κ2) is 10.1. The minimum Gasteiger partial charge on any atom is -0.381 e. The van der Waals surface area contributed by atoms with E-state index in [-0.39, 0.29) is 17.9 Å². The minimum atomic E-state index is -0.148. The fraction of sp³-hybridized carbons (Fsp3) is 0.407. The van der Waals surface area contributed by atoms with Crippen LogP contribution in [0.1, 0.15) is 32.3 Å². The van der Waals surface area contributed by atoms with E-state index in [9.17, 15) is 15.0 Å². The standard InChI is InChI=1S/C27H32N6O3/c1-17(34)30-26-8-6-21(13-29-26)19-5-7-25-20(12-19)4-3-10-33(25)27(28)23-14-32(18(2)35)11-9-24(23)31-22-15-36-16-22/h5-8,12-13,22,28,31H,3-4,9-11,14-16H2,1-2H3,(H,29,30,34). The summed E-state index contributed by atoms with van der Waals surface area (Å²) < 4.78 is 5.33. The summed E-state index contributed by atoms with van der Waals surface area (Å²) in [5, 5.41) is 15.5. The number of rotatable bonds is 5. The summed E-state index contributed by atoms with van der Waals surface area (Å²) in [7, 11) is 0. The number of aryl methyl sites for hydroxylation is 1. The largest absolute Gasteiger partial charge is 0.381 e. The third kappa shape index (κ3) is 4.97. The molecule has 0 radical (unpaired) electrons. The molecular formula is C27H32N6O3. The van der Waals surface area contributed by atoms with E-state index in [1.165, 1.54) is 12.5 Å². The molecule has 3 N–H and O–H groups in total. The molecule has 1 saturated heterocycles. The van der Waals surface area contributed by atoms with E-state index >= 15 is 0 Å². The fourth-order valence-electron chi connectivity index (χ4n) is 4.97. The van der Waals surface area contributed by atoms with Gasteiger partial charge in [0.25, 0.3) is 0 Å². The molecule has 0 spiro atoms. The maximum atomic E-state index is 12.1. The number of nitrogens with one attached hydrogen (secondary N) is 3. The normalized spacial score (nSPS) is 17.8. The van der Waals surface area contributed by atoms with Crippen molar-refractivity contribution < 1.29 is 14.3 Å². The number of carbonyl (C=O) groups excluding carboxylic acids is 2. The third-order valence-electron chi connectivity index (χ3n) is 6.96. The lowest BCUT2D eigenvalue weighted by Crippen LogP contribution is -2.50. The molecule has 2 amide bonds. The highest BCUT2D eigenvalue weighted by Gasteiger charge is 2.31. The van der Waals surface area contributed by atoms with Gasteiger partial charge in [0.05, 0.1) is 25.8 Å². The van der Waals surface area contributed by atoms with Crippen molar-refractivity contribution in [1.82, 2.24) is 15.2 Å². The van der Waals surface area contributed by atoms with Crippen LogP contribution in [0.15, 0.2) is 47.8 Å². The lowest BCUT2D eigenvalue weighted by molar-refractivity contribution is -0.128. The van der Waals surface area contributed by atoms with E-state index in [1.54, 1.807) is 19.2 Å². The molecule has 0 aliphatic carbocycles. The Bertz CT molecular complexity index is 1220. The van der Waals surface area contributed by atoms with Crippen LogP contribution in [0.2, 0.25) is 0 Å². The number of nitrogens with zero attached hydrogens (tertiary/aromatic N) is 3. The fourth-order valence-corrected chi connectivity index (χ4v) is 4.97.